The predicted molar refractivity (Wildman–Crippen MR) is 98.7 cm³/mol. The Morgan fingerprint density at radius 1 is 1.04 bits per heavy atom. The molecule has 118 valence electrons. The van der Waals surface area contributed by atoms with Crippen LogP contribution in [-0.4, -0.2) is 0 Å². The molecule has 0 bridgehead atoms. The maximum absolute atomic E-state index is 6.50. The maximum Gasteiger partial charge on any atom is 0.0568 e. The van der Waals surface area contributed by atoms with E-state index in [1.165, 1.54) is 22.4 Å². The number of aryl methyl sites for hydroxylation is 2. The van der Waals surface area contributed by atoms with E-state index >= 15 is 0 Å². The molecule has 0 amide bonds. The van der Waals surface area contributed by atoms with Gasteiger partial charge in [-0.1, -0.05) is 59.1 Å². The molecular formula is C20H19Cl2N. The molecule has 2 aromatic rings. The lowest BCUT2D eigenvalue weighted by Crippen LogP contribution is -2.29. The van der Waals surface area contributed by atoms with Crippen molar-refractivity contribution in [3.63, 3.8) is 0 Å². The highest BCUT2D eigenvalue weighted by Gasteiger charge is 2.39. The molecule has 1 aliphatic carbocycles. The molecule has 0 saturated heterocycles. The summed E-state index contributed by atoms with van der Waals surface area (Å²) in [5, 5.41) is 5.20. The molecule has 2 aromatic carbocycles. The number of anilines is 1. The van der Waals surface area contributed by atoms with Crippen LogP contribution in [0.3, 0.4) is 0 Å². The van der Waals surface area contributed by atoms with Gasteiger partial charge in [0.1, 0.15) is 0 Å². The summed E-state index contributed by atoms with van der Waals surface area (Å²) in [6.45, 7) is 4.35. The molecule has 1 nitrogen and oxygen atoms in total. The van der Waals surface area contributed by atoms with Gasteiger partial charge in [0.05, 0.1) is 6.04 Å². The zero-order valence-electron chi connectivity index (χ0n) is 13.2. The number of benzene rings is 2. The van der Waals surface area contributed by atoms with E-state index in [2.05, 4.69) is 49.5 Å². The van der Waals surface area contributed by atoms with E-state index in [-0.39, 0.29) is 6.04 Å². The zero-order chi connectivity index (χ0) is 16.1. The van der Waals surface area contributed by atoms with Crippen molar-refractivity contribution >= 4 is 28.9 Å². The Morgan fingerprint density at radius 3 is 2.65 bits per heavy atom. The van der Waals surface area contributed by atoms with Gasteiger partial charge in [0.25, 0.3) is 0 Å². The molecule has 4 rings (SSSR count). The van der Waals surface area contributed by atoms with Crippen molar-refractivity contribution in [1.29, 1.82) is 0 Å². The lowest BCUT2D eigenvalue weighted by molar-refractivity contribution is 0.425. The van der Waals surface area contributed by atoms with Gasteiger partial charge in [-0.05, 0) is 55.0 Å². The summed E-state index contributed by atoms with van der Waals surface area (Å²) >= 11 is 12.6. The lowest BCUT2D eigenvalue weighted by atomic mass is 9.76. The fraction of sp³-hybridized carbons (Fsp3) is 0.300. The van der Waals surface area contributed by atoms with Gasteiger partial charge in [-0.2, -0.15) is 0 Å². The largest absolute Gasteiger partial charge is 0.377 e. The lowest BCUT2D eigenvalue weighted by Gasteiger charge is -2.39. The number of hydrogen-bond donors (Lipinski definition) is 1. The molecule has 0 unspecified atom stereocenters. The standard InChI is InChI=1S/C20H19Cl2N/c1-11-8-12(2)19-17(9-11)14-4-3-5-15(14)20(23-19)16-7-6-13(21)10-18(16)22/h3-4,6-10,14-15,20,23H,5H2,1-2H3/t14-,15+,20-/m1/s1. The Bertz CT molecular complexity index is 810. The average Bonchev–Trinajstić information content (AvgIpc) is 2.97. The Kier molecular flexibility index (Phi) is 3.66. The van der Waals surface area contributed by atoms with E-state index in [4.69, 9.17) is 23.2 Å². The van der Waals surface area contributed by atoms with Crippen molar-refractivity contribution in [2.75, 3.05) is 5.32 Å². The van der Waals surface area contributed by atoms with Crippen LogP contribution in [0.15, 0.2) is 42.5 Å². The summed E-state index contributed by atoms with van der Waals surface area (Å²) < 4.78 is 0. The number of rotatable bonds is 1. The van der Waals surface area contributed by atoms with Gasteiger partial charge in [-0.25, -0.2) is 0 Å². The van der Waals surface area contributed by atoms with Crippen LogP contribution in [-0.2, 0) is 0 Å². The summed E-state index contributed by atoms with van der Waals surface area (Å²) in [4.78, 5) is 0. The highest BCUT2D eigenvalue weighted by Crippen LogP contribution is 2.51. The minimum Gasteiger partial charge on any atom is -0.377 e. The molecule has 0 spiro atoms. The van der Waals surface area contributed by atoms with Crippen LogP contribution in [0, 0.1) is 19.8 Å². The van der Waals surface area contributed by atoms with E-state index in [0.717, 1.165) is 17.0 Å². The Morgan fingerprint density at radius 2 is 1.87 bits per heavy atom. The quantitative estimate of drug-likeness (QED) is 0.587. The molecule has 3 heteroatoms. The van der Waals surface area contributed by atoms with Crippen LogP contribution in [0.2, 0.25) is 10.0 Å². The fourth-order valence-electron chi connectivity index (χ4n) is 4.13. The van der Waals surface area contributed by atoms with Crippen LogP contribution >= 0.6 is 23.2 Å². The first-order valence-electron chi connectivity index (χ1n) is 8.04. The molecule has 1 heterocycles. The van der Waals surface area contributed by atoms with Crippen LogP contribution in [0.4, 0.5) is 5.69 Å². The number of halogens is 2. The Labute approximate surface area is 147 Å². The normalized spacial score (nSPS) is 25.0. The molecule has 2 aliphatic rings. The zero-order valence-corrected chi connectivity index (χ0v) is 14.7. The van der Waals surface area contributed by atoms with Crippen molar-refractivity contribution in [3.8, 4) is 0 Å². The number of hydrogen-bond acceptors (Lipinski definition) is 1. The smallest absolute Gasteiger partial charge is 0.0568 e. The molecule has 0 fully saturated rings. The molecular weight excluding hydrogens is 325 g/mol. The van der Waals surface area contributed by atoms with Gasteiger partial charge in [0.15, 0.2) is 0 Å². The second kappa shape index (κ2) is 5.58. The summed E-state index contributed by atoms with van der Waals surface area (Å²) in [5.41, 5.74) is 6.45. The first kappa shape index (κ1) is 15.1. The van der Waals surface area contributed by atoms with Gasteiger partial charge in [-0.3, -0.25) is 0 Å². The first-order chi connectivity index (χ1) is 11.0. The van der Waals surface area contributed by atoms with Crippen LogP contribution in [0.5, 0.6) is 0 Å². The minimum atomic E-state index is 0.216. The third-order valence-corrected chi connectivity index (χ3v) is 5.67. The van der Waals surface area contributed by atoms with Crippen LogP contribution in [0.25, 0.3) is 0 Å². The van der Waals surface area contributed by atoms with Crippen molar-refractivity contribution in [1.82, 2.24) is 0 Å². The SMILES string of the molecule is Cc1cc(C)c2c(c1)[C@@H]1C=CC[C@@H]1[C@H](c1ccc(Cl)cc1Cl)N2. The van der Waals surface area contributed by atoms with Crippen molar-refractivity contribution in [3.05, 3.63) is 74.8 Å². The summed E-state index contributed by atoms with van der Waals surface area (Å²) in [5.74, 6) is 0.962. The molecule has 3 atom stereocenters. The summed E-state index contributed by atoms with van der Waals surface area (Å²) in [6, 6.07) is 10.6. The third kappa shape index (κ3) is 2.47. The van der Waals surface area contributed by atoms with E-state index in [1.807, 2.05) is 12.1 Å². The van der Waals surface area contributed by atoms with Crippen molar-refractivity contribution in [2.24, 2.45) is 5.92 Å². The Balaban J connectivity index is 1.84. The van der Waals surface area contributed by atoms with Crippen LogP contribution in [0.1, 0.15) is 40.6 Å². The minimum absolute atomic E-state index is 0.216. The van der Waals surface area contributed by atoms with Gasteiger partial charge in [0.2, 0.25) is 0 Å². The van der Waals surface area contributed by atoms with Crippen molar-refractivity contribution in [2.45, 2.75) is 32.2 Å². The van der Waals surface area contributed by atoms with Gasteiger partial charge in [-0.15, -0.1) is 0 Å². The topological polar surface area (TPSA) is 12.0 Å². The van der Waals surface area contributed by atoms with Gasteiger partial charge in [0, 0.05) is 21.7 Å². The molecule has 1 N–H and O–H groups in total. The predicted octanol–water partition coefficient (Wildman–Crippen LogP) is 6.44. The molecule has 23 heavy (non-hydrogen) atoms. The average molecular weight is 344 g/mol. The van der Waals surface area contributed by atoms with Crippen molar-refractivity contribution < 1.29 is 0 Å². The fourth-order valence-corrected chi connectivity index (χ4v) is 4.66. The molecule has 1 aliphatic heterocycles. The summed E-state index contributed by atoms with van der Waals surface area (Å²) in [7, 11) is 0. The number of allylic oxidation sites excluding steroid dienone is 2. The maximum atomic E-state index is 6.50. The van der Waals surface area contributed by atoms with Gasteiger partial charge < -0.3 is 5.32 Å². The van der Waals surface area contributed by atoms with E-state index in [9.17, 15) is 0 Å². The van der Waals surface area contributed by atoms with Gasteiger partial charge >= 0.3 is 0 Å². The monoisotopic (exact) mass is 343 g/mol. The molecule has 0 aromatic heterocycles. The first-order valence-corrected chi connectivity index (χ1v) is 8.79. The summed E-state index contributed by atoms with van der Waals surface area (Å²) in [6.07, 6.45) is 5.74. The number of fused-ring (bicyclic) bond motifs is 3. The van der Waals surface area contributed by atoms with E-state index in [1.54, 1.807) is 0 Å². The second-order valence-electron chi connectivity index (χ2n) is 6.69. The number of nitrogens with one attached hydrogen (secondary N) is 1. The van der Waals surface area contributed by atoms with E-state index in [0.29, 0.717) is 16.9 Å². The highest BCUT2D eigenvalue weighted by molar-refractivity contribution is 6.35. The molecule has 0 radical (unpaired) electrons. The highest BCUT2D eigenvalue weighted by atomic mass is 35.5. The van der Waals surface area contributed by atoms with Crippen LogP contribution < -0.4 is 5.32 Å². The third-order valence-electron chi connectivity index (χ3n) is 5.11. The Hall–Kier alpha value is -1.44. The molecule has 0 saturated carbocycles. The van der Waals surface area contributed by atoms with E-state index < -0.39 is 0 Å². The second-order valence-corrected chi connectivity index (χ2v) is 7.53.